The molecule has 0 saturated heterocycles. The molecule has 17 heavy (non-hydrogen) atoms. The van der Waals surface area contributed by atoms with Crippen LogP contribution in [0.1, 0.15) is 19.3 Å². The number of carbonyl (C=O) groups excluding carboxylic acids is 1. The maximum Gasteiger partial charge on any atom is 0.223 e. The van der Waals surface area contributed by atoms with Crippen LogP contribution in [0.15, 0.2) is 0 Å². The van der Waals surface area contributed by atoms with Crippen molar-refractivity contribution in [3.8, 4) is 0 Å². The zero-order valence-corrected chi connectivity index (χ0v) is 10.7. The second kappa shape index (κ2) is 9.39. The molecule has 1 rings (SSSR count). The first-order valence-electron chi connectivity index (χ1n) is 6.39. The third kappa shape index (κ3) is 8.12. The fraction of sp³-hybridized carbons (Fsp3) is 0.917. The van der Waals surface area contributed by atoms with Crippen molar-refractivity contribution in [1.29, 1.82) is 0 Å². The van der Waals surface area contributed by atoms with Crippen LogP contribution in [-0.2, 0) is 14.3 Å². The molecule has 1 fully saturated rings. The lowest BCUT2D eigenvalue weighted by Gasteiger charge is -2.07. The van der Waals surface area contributed by atoms with E-state index in [1.165, 1.54) is 0 Å². The summed E-state index contributed by atoms with van der Waals surface area (Å²) in [6.45, 7) is 4.54. The molecule has 0 aromatic carbocycles. The van der Waals surface area contributed by atoms with Gasteiger partial charge < -0.3 is 20.1 Å². The van der Waals surface area contributed by atoms with Crippen LogP contribution >= 0.6 is 0 Å². The lowest BCUT2D eigenvalue weighted by Crippen LogP contribution is -2.33. The van der Waals surface area contributed by atoms with E-state index < -0.39 is 0 Å². The predicted octanol–water partition coefficient (Wildman–Crippen LogP) is 0.155. The number of ether oxygens (including phenoxy) is 2. The summed E-state index contributed by atoms with van der Waals surface area (Å²) in [7, 11) is 1.69. The fourth-order valence-electron chi connectivity index (χ4n) is 1.44. The molecule has 2 N–H and O–H groups in total. The molecule has 0 radical (unpaired) electrons. The standard InChI is InChI=1S/C12H24N2O3/c1-16-8-2-9-17-10-7-13-5-6-14-12(15)11-3-4-11/h11,13H,2-10H2,1H3,(H,14,15). The number of amides is 1. The first-order valence-corrected chi connectivity index (χ1v) is 6.39. The number of rotatable bonds is 11. The van der Waals surface area contributed by atoms with Crippen LogP contribution in [-0.4, -0.2) is 52.5 Å². The van der Waals surface area contributed by atoms with Gasteiger partial charge in [0, 0.05) is 45.9 Å². The molecule has 100 valence electrons. The molecule has 0 aliphatic heterocycles. The van der Waals surface area contributed by atoms with Gasteiger partial charge in [-0.3, -0.25) is 4.79 Å². The Hall–Kier alpha value is -0.650. The molecule has 0 aromatic heterocycles. The zero-order chi connectivity index (χ0) is 12.3. The number of carbonyl (C=O) groups is 1. The highest BCUT2D eigenvalue weighted by molar-refractivity contribution is 5.80. The van der Waals surface area contributed by atoms with Crippen LogP contribution in [0.4, 0.5) is 0 Å². The molecular weight excluding hydrogens is 220 g/mol. The number of hydrogen-bond donors (Lipinski definition) is 2. The third-order valence-corrected chi connectivity index (χ3v) is 2.61. The average Bonchev–Trinajstić information content (AvgIpc) is 3.15. The lowest BCUT2D eigenvalue weighted by molar-refractivity contribution is -0.122. The van der Waals surface area contributed by atoms with Gasteiger partial charge in [-0.2, -0.15) is 0 Å². The van der Waals surface area contributed by atoms with Gasteiger partial charge in [0.15, 0.2) is 0 Å². The van der Waals surface area contributed by atoms with E-state index in [1.807, 2.05) is 0 Å². The number of nitrogens with one attached hydrogen (secondary N) is 2. The Kier molecular flexibility index (Phi) is 7.96. The highest BCUT2D eigenvalue weighted by Crippen LogP contribution is 2.28. The number of methoxy groups -OCH3 is 1. The van der Waals surface area contributed by atoms with Gasteiger partial charge in [0.2, 0.25) is 5.91 Å². The van der Waals surface area contributed by atoms with Crippen LogP contribution in [0.3, 0.4) is 0 Å². The van der Waals surface area contributed by atoms with Crippen molar-refractivity contribution in [3.63, 3.8) is 0 Å². The third-order valence-electron chi connectivity index (χ3n) is 2.61. The molecule has 0 unspecified atom stereocenters. The fourth-order valence-corrected chi connectivity index (χ4v) is 1.44. The van der Waals surface area contributed by atoms with Crippen molar-refractivity contribution < 1.29 is 14.3 Å². The van der Waals surface area contributed by atoms with Gasteiger partial charge in [0.25, 0.3) is 0 Å². The summed E-state index contributed by atoms with van der Waals surface area (Å²) >= 11 is 0. The SMILES string of the molecule is COCCCOCCNCCNC(=O)C1CC1. The Bertz CT molecular complexity index is 208. The van der Waals surface area contributed by atoms with Gasteiger partial charge in [0.05, 0.1) is 6.61 Å². The Morgan fingerprint density at radius 3 is 2.71 bits per heavy atom. The highest BCUT2D eigenvalue weighted by atomic mass is 16.5. The van der Waals surface area contributed by atoms with Crippen LogP contribution < -0.4 is 10.6 Å². The van der Waals surface area contributed by atoms with Crippen molar-refractivity contribution in [2.45, 2.75) is 19.3 Å². The van der Waals surface area contributed by atoms with Crippen LogP contribution in [0.25, 0.3) is 0 Å². The smallest absolute Gasteiger partial charge is 0.223 e. The van der Waals surface area contributed by atoms with Crippen LogP contribution in [0.2, 0.25) is 0 Å². The highest BCUT2D eigenvalue weighted by Gasteiger charge is 2.28. The van der Waals surface area contributed by atoms with Gasteiger partial charge in [-0.05, 0) is 19.3 Å². The first kappa shape index (κ1) is 14.4. The molecule has 0 aromatic rings. The van der Waals surface area contributed by atoms with E-state index in [9.17, 15) is 4.79 Å². The van der Waals surface area contributed by atoms with E-state index in [1.54, 1.807) is 7.11 Å². The van der Waals surface area contributed by atoms with Gasteiger partial charge in [-0.25, -0.2) is 0 Å². The molecule has 1 saturated carbocycles. The average molecular weight is 244 g/mol. The first-order chi connectivity index (χ1) is 8.34. The monoisotopic (exact) mass is 244 g/mol. The molecule has 0 atom stereocenters. The van der Waals surface area contributed by atoms with Crippen molar-refractivity contribution in [1.82, 2.24) is 10.6 Å². The van der Waals surface area contributed by atoms with Gasteiger partial charge in [0.1, 0.15) is 0 Å². The van der Waals surface area contributed by atoms with Crippen molar-refractivity contribution >= 4 is 5.91 Å². The van der Waals surface area contributed by atoms with E-state index in [-0.39, 0.29) is 5.91 Å². The minimum atomic E-state index is 0.211. The summed E-state index contributed by atoms with van der Waals surface area (Å²) in [6, 6.07) is 0. The Labute approximate surface area is 103 Å². The summed E-state index contributed by atoms with van der Waals surface area (Å²) in [6.07, 6.45) is 3.07. The topological polar surface area (TPSA) is 59.6 Å². The molecule has 0 heterocycles. The number of hydrogen-bond acceptors (Lipinski definition) is 4. The minimum Gasteiger partial charge on any atom is -0.385 e. The largest absolute Gasteiger partial charge is 0.385 e. The quantitative estimate of drug-likeness (QED) is 0.508. The molecule has 5 nitrogen and oxygen atoms in total. The normalized spacial score (nSPS) is 14.9. The molecule has 1 aliphatic carbocycles. The van der Waals surface area contributed by atoms with E-state index in [0.29, 0.717) is 19.1 Å². The Morgan fingerprint density at radius 1 is 1.18 bits per heavy atom. The van der Waals surface area contributed by atoms with Crippen molar-refractivity contribution in [2.75, 3.05) is 46.6 Å². The van der Waals surface area contributed by atoms with Gasteiger partial charge in [-0.15, -0.1) is 0 Å². The summed E-state index contributed by atoms with van der Waals surface area (Å²) in [5, 5.41) is 6.12. The van der Waals surface area contributed by atoms with Gasteiger partial charge in [-0.1, -0.05) is 0 Å². The van der Waals surface area contributed by atoms with Crippen LogP contribution in [0, 0.1) is 5.92 Å². The summed E-state index contributed by atoms with van der Waals surface area (Å²) in [5.74, 6) is 0.515. The van der Waals surface area contributed by atoms with E-state index in [4.69, 9.17) is 9.47 Å². The second-order valence-corrected chi connectivity index (χ2v) is 4.27. The molecule has 0 spiro atoms. The maximum absolute atomic E-state index is 11.3. The van der Waals surface area contributed by atoms with E-state index in [0.717, 1.165) is 45.6 Å². The molecule has 1 amide bonds. The zero-order valence-electron chi connectivity index (χ0n) is 10.7. The maximum atomic E-state index is 11.3. The molecule has 0 bridgehead atoms. The molecule has 5 heteroatoms. The minimum absolute atomic E-state index is 0.211. The second-order valence-electron chi connectivity index (χ2n) is 4.27. The molecular formula is C12H24N2O3. The lowest BCUT2D eigenvalue weighted by atomic mass is 10.4. The van der Waals surface area contributed by atoms with Crippen molar-refractivity contribution in [3.05, 3.63) is 0 Å². The van der Waals surface area contributed by atoms with Crippen molar-refractivity contribution in [2.24, 2.45) is 5.92 Å². The Balaban J connectivity index is 1.70. The molecule has 1 aliphatic rings. The summed E-state index contributed by atoms with van der Waals surface area (Å²) in [4.78, 5) is 11.3. The van der Waals surface area contributed by atoms with Gasteiger partial charge >= 0.3 is 0 Å². The van der Waals surface area contributed by atoms with E-state index in [2.05, 4.69) is 10.6 Å². The Morgan fingerprint density at radius 2 is 2.00 bits per heavy atom. The van der Waals surface area contributed by atoms with E-state index >= 15 is 0 Å². The van der Waals surface area contributed by atoms with Crippen LogP contribution in [0.5, 0.6) is 0 Å². The summed E-state index contributed by atoms with van der Waals surface area (Å²) < 4.78 is 10.3. The predicted molar refractivity (Wildman–Crippen MR) is 65.9 cm³/mol. The summed E-state index contributed by atoms with van der Waals surface area (Å²) in [5.41, 5.74) is 0.